The van der Waals surface area contributed by atoms with Crippen LogP contribution in [0.25, 0.3) is 0 Å². The Labute approximate surface area is 178 Å². The number of aromatic hydroxyl groups is 1. The van der Waals surface area contributed by atoms with Crippen LogP contribution < -0.4 is 0 Å². The van der Waals surface area contributed by atoms with Crippen molar-refractivity contribution in [1.82, 2.24) is 0 Å². The summed E-state index contributed by atoms with van der Waals surface area (Å²) >= 11 is 0. The van der Waals surface area contributed by atoms with E-state index in [2.05, 4.69) is 25.1 Å². The van der Waals surface area contributed by atoms with E-state index in [0.29, 0.717) is 12.2 Å². The third-order valence-corrected chi connectivity index (χ3v) is 8.38. The van der Waals surface area contributed by atoms with Gasteiger partial charge in [0.25, 0.3) is 0 Å². The van der Waals surface area contributed by atoms with E-state index in [0.717, 1.165) is 40.2 Å². The average molecular weight is 402 g/mol. The highest BCUT2D eigenvalue weighted by molar-refractivity contribution is 6.07. The van der Waals surface area contributed by atoms with E-state index in [1.165, 1.54) is 44.1 Å². The van der Waals surface area contributed by atoms with Gasteiger partial charge in [0, 0.05) is 17.4 Å². The zero-order valence-corrected chi connectivity index (χ0v) is 17.7. The molecule has 0 saturated heterocycles. The Morgan fingerprint density at radius 2 is 1.63 bits per heavy atom. The van der Waals surface area contributed by atoms with Gasteiger partial charge in [-0.15, -0.1) is 0 Å². The number of phenolic OH excluding ortho intramolecular Hbond substituents is 1. The van der Waals surface area contributed by atoms with Crippen LogP contribution in [0, 0.1) is 30.1 Å². The van der Waals surface area contributed by atoms with Crippen molar-refractivity contribution in [2.24, 2.45) is 28.2 Å². The highest BCUT2D eigenvalue weighted by Crippen LogP contribution is 2.61. The van der Waals surface area contributed by atoms with Gasteiger partial charge in [-0.3, -0.25) is 4.99 Å². The molecule has 2 aromatic carbocycles. The summed E-state index contributed by atoms with van der Waals surface area (Å²) < 4.78 is 0. The third-order valence-electron chi connectivity index (χ3n) is 8.38. The zero-order chi connectivity index (χ0) is 20.5. The number of nitrogens with zero attached hydrogens (tertiary/aromatic N) is 1. The average Bonchev–Trinajstić information content (AvgIpc) is 3.02. The molecule has 7 rings (SSSR count). The molecule has 0 amide bonds. The van der Waals surface area contributed by atoms with Crippen LogP contribution in [0.15, 0.2) is 47.5 Å². The number of fused-ring (bicyclic) bond motifs is 1. The largest absolute Gasteiger partial charge is 0.507 e. The quantitative estimate of drug-likeness (QED) is 0.680. The van der Waals surface area contributed by atoms with Crippen molar-refractivity contribution >= 4 is 5.71 Å². The number of hydrogen-bond donors (Lipinski definition) is 2. The molecule has 3 heteroatoms. The predicted octanol–water partition coefficient (Wildman–Crippen LogP) is 5.36. The first-order chi connectivity index (χ1) is 14.5. The smallest absolute Gasteiger partial charge is 0.124 e. The summed E-state index contributed by atoms with van der Waals surface area (Å²) in [5.41, 5.74) is 5.53. The Bertz CT molecular complexity index is 988. The summed E-state index contributed by atoms with van der Waals surface area (Å²) in [7, 11) is 0. The minimum atomic E-state index is -0.488. The van der Waals surface area contributed by atoms with Gasteiger partial charge in [0.15, 0.2) is 0 Å². The molecule has 3 nitrogen and oxygen atoms in total. The number of benzene rings is 2. The molecule has 0 spiro atoms. The Hall–Kier alpha value is -2.13. The van der Waals surface area contributed by atoms with Crippen LogP contribution in [0.3, 0.4) is 0 Å². The fourth-order valence-electron chi connectivity index (χ4n) is 7.58. The van der Waals surface area contributed by atoms with E-state index in [9.17, 15) is 10.2 Å². The normalized spacial score (nSPS) is 36.9. The summed E-state index contributed by atoms with van der Waals surface area (Å²) in [6, 6.07) is 14.0. The molecule has 4 fully saturated rings. The Balaban J connectivity index is 1.52. The Kier molecular flexibility index (Phi) is 4.15. The van der Waals surface area contributed by atoms with Gasteiger partial charge >= 0.3 is 0 Å². The second kappa shape index (κ2) is 6.68. The number of aryl methyl sites for hydroxylation is 1. The second-order valence-corrected chi connectivity index (χ2v) is 10.6. The lowest BCUT2D eigenvalue weighted by atomic mass is 9.48. The van der Waals surface area contributed by atoms with E-state index in [1.807, 2.05) is 24.3 Å². The lowest BCUT2D eigenvalue weighted by Crippen LogP contribution is -2.50. The SMILES string of the molecule is Cc1ccc(O)c(C(=N[C@H]2c3ccccc3C[C@H]2O)C23CC4CC(CC(C4)C2)C3)c1. The van der Waals surface area contributed by atoms with Crippen LogP contribution >= 0.6 is 0 Å². The monoisotopic (exact) mass is 401 g/mol. The summed E-state index contributed by atoms with van der Waals surface area (Å²) in [6.45, 7) is 2.08. The van der Waals surface area contributed by atoms with Crippen LogP contribution in [0.2, 0.25) is 0 Å². The molecule has 30 heavy (non-hydrogen) atoms. The fourth-order valence-corrected chi connectivity index (χ4v) is 7.58. The lowest BCUT2D eigenvalue weighted by molar-refractivity contribution is -0.0124. The maximum absolute atomic E-state index is 10.9. The molecule has 0 unspecified atom stereocenters. The molecule has 4 saturated carbocycles. The number of aliphatic imine (C=N–C) groups is 1. The molecule has 0 aliphatic heterocycles. The molecular formula is C27H31NO2. The van der Waals surface area contributed by atoms with Crippen molar-refractivity contribution in [3.05, 3.63) is 64.7 Å². The molecule has 5 aliphatic rings. The van der Waals surface area contributed by atoms with E-state index >= 15 is 0 Å². The standard InChI is InChI=1S/C27H31NO2/c1-16-6-7-23(29)22(8-16)26(27-13-17-9-18(14-27)11-19(10-17)15-27)28-25-21-5-3-2-4-20(21)12-24(25)30/h2-8,17-19,24-25,29-30H,9-15H2,1H3/t17?,18?,19?,24-,25+,27?/m1/s1. The highest BCUT2D eigenvalue weighted by Gasteiger charge is 2.54. The van der Waals surface area contributed by atoms with Gasteiger partial charge in [-0.25, -0.2) is 0 Å². The number of aliphatic hydroxyl groups excluding tert-OH is 1. The first-order valence-electron chi connectivity index (χ1n) is 11.6. The first-order valence-corrected chi connectivity index (χ1v) is 11.6. The number of hydrogen-bond acceptors (Lipinski definition) is 3. The van der Waals surface area contributed by atoms with Gasteiger partial charge in [0.1, 0.15) is 11.8 Å². The maximum atomic E-state index is 10.9. The maximum Gasteiger partial charge on any atom is 0.124 e. The third kappa shape index (κ3) is 2.85. The predicted molar refractivity (Wildman–Crippen MR) is 119 cm³/mol. The number of phenols is 1. The van der Waals surface area contributed by atoms with Gasteiger partial charge in [0.05, 0.1) is 11.8 Å². The van der Waals surface area contributed by atoms with Crippen molar-refractivity contribution in [1.29, 1.82) is 0 Å². The highest BCUT2D eigenvalue weighted by atomic mass is 16.3. The second-order valence-electron chi connectivity index (χ2n) is 10.6. The number of aliphatic hydroxyl groups is 1. The van der Waals surface area contributed by atoms with Gasteiger partial charge in [0.2, 0.25) is 0 Å². The zero-order valence-electron chi connectivity index (χ0n) is 17.7. The molecule has 0 radical (unpaired) electrons. The molecule has 5 aliphatic carbocycles. The Morgan fingerprint density at radius 3 is 2.33 bits per heavy atom. The van der Waals surface area contributed by atoms with Crippen molar-refractivity contribution < 1.29 is 10.2 Å². The van der Waals surface area contributed by atoms with Crippen molar-refractivity contribution in [2.75, 3.05) is 0 Å². The van der Waals surface area contributed by atoms with Crippen LogP contribution in [0.5, 0.6) is 5.75 Å². The molecule has 2 N–H and O–H groups in total. The minimum absolute atomic E-state index is 0.0529. The van der Waals surface area contributed by atoms with Gasteiger partial charge < -0.3 is 10.2 Å². The summed E-state index contributed by atoms with van der Waals surface area (Å²) in [4.78, 5) is 5.37. The summed E-state index contributed by atoms with van der Waals surface area (Å²) in [5, 5.41) is 21.8. The minimum Gasteiger partial charge on any atom is -0.507 e. The van der Waals surface area contributed by atoms with Crippen LogP contribution in [0.1, 0.15) is 66.8 Å². The fraction of sp³-hybridized carbons (Fsp3) is 0.519. The van der Waals surface area contributed by atoms with Crippen molar-refractivity contribution in [3.8, 4) is 5.75 Å². The van der Waals surface area contributed by atoms with Crippen molar-refractivity contribution in [2.45, 2.75) is 64.0 Å². The van der Waals surface area contributed by atoms with Crippen molar-refractivity contribution in [3.63, 3.8) is 0 Å². The first kappa shape index (κ1) is 18.6. The van der Waals surface area contributed by atoms with E-state index in [4.69, 9.17) is 4.99 Å². The molecule has 2 atom stereocenters. The Morgan fingerprint density at radius 1 is 0.967 bits per heavy atom. The van der Waals surface area contributed by atoms with Crippen LogP contribution in [-0.2, 0) is 6.42 Å². The van der Waals surface area contributed by atoms with E-state index < -0.39 is 6.10 Å². The van der Waals surface area contributed by atoms with E-state index in [1.54, 1.807) is 0 Å². The van der Waals surface area contributed by atoms with Gasteiger partial charge in [-0.05, 0) is 86.5 Å². The lowest BCUT2D eigenvalue weighted by Gasteiger charge is -2.57. The molecular weight excluding hydrogens is 370 g/mol. The summed E-state index contributed by atoms with van der Waals surface area (Å²) in [5.74, 6) is 2.73. The number of rotatable bonds is 3. The van der Waals surface area contributed by atoms with Gasteiger partial charge in [-0.1, -0.05) is 35.9 Å². The van der Waals surface area contributed by atoms with Crippen LogP contribution in [-0.4, -0.2) is 22.0 Å². The summed E-state index contributed by atoms with van der Waals surface area (Å²) in [6.07, 6.45) is 7.88. The molecule has 156 valence electrons. The molecule has 4 bridgehead atoms. The van der Waals surface area contributed by atoms with Gasteiger partial charge in [-0.2, -0.15) is 0 Å². The van der Waals surface area contributed by atoms with E-state index in [-0.39, 0.29) is 11.5 Å². The molecule has 0 heterocycles. The molecule has 0 aromatic heterocycles. The topological polar surface area (TPSA) is 52.8 Å². The van der Waals surface area contributed by atoms with Crippen LogP contribution in [0.4, 0.5) is 0 Å². The molecule has 2 aromatic rings.